The van der Waals surface area contributed by atoms with E-state index in [9.17, 15) is 4.79 Å². The number of ketones is 1. The standard InChI is InChI=1S/C13H21N3O/c1-9(2)5-11(8-14)12(17)6-10-3-4-16-13(15)7-10/h3-4,7,9,11H,5-6,8,14H2,1-2H3,(H2,15,16). The van der Waals surface area contributed by atoms with Crippen LogP contribution in [0.3, 0.4) is 0 Å². The van der Waals surface area contributed by atoms with Crippen molar-refractivity contribution in [3.8, 4) is 0 Å². The van der Waals surface area contributed by atoms with Gasteiger partial charge in [0.15, 0.2) is 0 Å². The molecule has 1 aromatic heterocycles. The molecule has 1 aromatic rings. The summed E-state index contributed by atoms with van der Waals surface area (Å²) >= 11 is 0. The van der Waals surface area contributed by atoms with Gasteiger partial charge in [-0.05, 0) is 30.0 Å². The smallest absolute Gasteiger partial charge is 0.141 e. The van der Waals surface area contributed by atoms with Crippen molar-refractivity contribution in [1.82, 2.24) is 4.98 Å². The Balaban J connectivity index is 2.64. The maximum Gasteiger partial charge on any atom is 0.141 e. The first-order valence-corrected chi connectivity index (χ1v) is 5.96. The quantitative estimate of drug-likeness (QED) is 0.780. The number of nitrogen functional groups attached to an aromatic ring is 1. The highest BCUT2D eigenvalue weighted by Gasteiger charge is 2.18. The Labute approximate surface area is 102 Å². The van der Waals surface area contributed by atoms with Gasteiger partial charge < -0.3 is 11.5 Å². The van der Waals surface area contributed by atoms with Crippen LogP contribution in [0.1, 0.15) is 25.8 Å². The lowest BCUT2D eigenvalue weighted by atomic mass is 9.90. The van der Waals surface area contributed by atoms with Gasteiger partial charge in [0.2, 0.25) is 0 Å². The number of Topliss-reactive ketones (excluding diaryl/α,β-unsaturated/α-hetero) is 1. The molecule has 0 aromatic carbocycles. The molecule has 1 atom stereocenters. The molecule has 0 bridgehead atoms. The highest BCUT2D eigenvalue weighted by atomic mass is 16.1. The van der Waals surface area contributed by atoms with Crippen molar-refractivity contribution in [2.75, 3.05) is 12.3 Å². The number of aromatic nitrogens is 1. The van der Waals surface area contributed by atoms with E-state index >= 15 is 0 Å². The molecular formula is C13H21N3O. The number of carbonyl (C=O) groups is 1. The Morgan fingerprint density at radius 1 is 1.47 bits per heavy atom. The second-order valence-electron chi connectivity index (χ2n) is 4.79. The van der Waals surface area contributed by atoms with E-state index < -0.39 is 0 Å². The lowest BCUT2D eigenvalue weighted by molar-refractivity contribution is -0.122. The van der Waals surface area contributed by atoms with E-state index in [0.717, 1.165) is 12.0 Å². The summed E-state index contributed by atoms with van der Waals surface area (Å²) in [6.07, 6.45) is 2.86. The van der Waals surface area contributed by atoms with Gasteiger partial charge in [-0.15, -0.1) is 0 Å². The number of rotatable bonds is 6. The SMILES string of the molecule is CC(C)CC(CN)C(=O)Cc1ccnc(N)c1. The lowest BCUT2D eigenvalue weighted by Gasteiger charge is -2.15. The molecule has 94 valence electrons. The van der Waals surface area contributed by atoms with Crippen LogP contribution in [0.5, 0.6) is 0 Å². The van der Waals surface area contributed by atoms with Crippen molar-refractivity contribution in [2.45, 2.75) is 26.7 Å². The predicted octanol–water partition coefficient (Wildman–Crippen LogP) is 1.40. The average Bonchev–Trinajstić information content (AvgIpc) is 2.25. The summed E-state index contributed by atoms with van der Waals surface area (Å²) in [7, 11) is 0. The fourth-order valence-electron chi connectivity index (χ4n) is 1.88. The number of hydrogen-bond donors (Lipinski definition) is 2. The van der Waals surface area contributed by atoms with Gasteiger partial charge in [0.25, 0.3) is 0 Å². The monoisotopic (exact) mass is 235 g/mol. The summed E-state index contributed by atoms with van der Waals surface area (Å²) < 4.78 is 0. The number of pyridine rings is 1. The van der Waals surface area contributed by atoms with E-state index in [2.05, 4.69) is 18.8 Å². The van der Waals surface area contributed by atoms with Gasteiger partial charge in [-0.25, -0.2) is 4.98 Å². The molecule has 1 rings (SSSR count). The van der Waals surface area contributed by atoms with Crippen LogP contribution in [-0.4, -0.2) is 17.3 Å². The van der Waals surface area contributed by atoms with Gasteiger partial charge in [0, 0.05) is 25.1 Å². The number of hydrogen-bond acceptors (Lipinski definition) is 4. The maximum absolute atomic E-state index is 12.0. The van der Waals surface area contributed by atoms with Crippen molar-refractivity contribution in [3.05, 3.63) is 23.9 Å². The van der Waals surface area contributed by atoms with Crippen molar-refractivity contribution in [2.24, 2.45) is 17.6 Å². The topological polar surface area (TPSA) is 82.0 Å². The Morgan fingerprint density at radius 3 is 2.71 bits per heavy atom. The van der Waals surface area contributed by atoms with Crippen molar-refractivity contribution >= 4 is 11.6 Å². The molecule has 0 aliphatic heterocycles. The molecule has 0 saturated heterocycles. The van der Waals surface area contributed by atoms with Crippen LogP contribution in [0.2, 0.25) is 0 Å². The molecule has 4 nitrogen and oxygen atoms in total. The third kappa shape index (κ3) is 4.53. The number of anilines is 1. The van der Waals surface area contributed by atoms with Gasteiger partial charge in [0.1, 0.15) is 11.6 Å². The van der Waals surface area contributed by atoms with E-state index in [1.165, 1.54) is 0 Å². The Kier molecular flexibility index (Phi) is 5.10. The van der Waals surface area contributed by atoms with E-state index in [0.29, 0.717) is 24.7 Å². The molecule has 0 spiro atoms. The minimum atomic E-state index is -0.0515. The molecule has 0 amide bonds. The molecule has 1 unspecified atom stereocenters. The summed E-state index contributed by atoms with van der Waals surface area (Å²) in [5.41, 5.74) is 12.1. The third-order valence-corrected chi connectivity index (χ3v) is 2.72. The minimum Gasteiger partial charge on any atom is -0.384 e. The molecule has 0 radical (unpaired) electrons. The maximum atomic E-state index is 12.0. The molecule has 0 saturated carbocycles. The first-order valence-electron chi connectivity index (χ1n) is 5.96. The van der Waals surface area contributed by atoms with Crippen molar-refractivity contribution in [3.63, 3.8) is 0 Å². The fourth-order valence-corrected chi connectivity index (χ4v) is 1.88. The Bertz CT molecular complexity index is 377. The number of nitrogens with two attached hydrogens (primary N) is 2. The zero-order valence-electron chi connectivity index (χ0n) is 10.5. The van der Waals surface area contributed by atoms with Gasteiger partial charge in [0.05, 0.1) is 0 Å². The fraction of sp³-hybridized carbons (Fsp3) is 0.538. The second kappa shape index (κ2) is 6.35. The van der Waals surface area contributed by atoms with Crippen LogP contribution in [0.4, 0.5) is 5.82 Å². The van der Waals surface area contributed by atoms with Gasteiger partial charge >= 0.3 is 0 Å². The zero-order chi connectivity index (χ0) is 12.8. The first kappa shape index (κ1) is 13.6. The molecule has 0 aliphatic carbocycles. The lowest BCUT2D eigenvalue weighted by Crippen LogP contribution is -2.26. The largest absolute Gasteiger partial charge is 0.384 e. The minimum absolute atomic E-state index is 0.0515. The van der Waals surface area contributed by atoms with Crippen molar-refractivity contribution in [1.29, 1.82) is 0 Å². The summed E-state index contributed by atoms with van der Waals surface area (Å²) in [4.78, 5) is 16.0. The summed E-state index contributed by atoms with van der Waals surface area (Å²) in [6, 6.07) is 3.55. The van der Waals surface area contributed by atoms with E-state index in [1.807, 2.05) is 6.07 Å². The molecular weight excluding hydrogens is 214 g/mol. The normalized spacial score (nSPS) is 12.7. The van der Waals surface area contributed by atoms with Crippen LogP contribution in [0, 0.1) is 11.8 Å². The van der Waals surface area contributed by atoms with E-state index in [4.69, 9.17) is 11.5 Å². The third-order valence-electron chi connectivity index (χ3n) is 2.72. The average molecular weight is 235 g/mol. The Hall–Kier alpha value is -1.42. The van der Waals surface area contributed by atoms with E-state index in [1.54, 1.807) is 12.3 Å². The number of nitrogens with zero attached hydrogens (tertiary/aromatic N) is 1. The molecule has 1 heterocycles. The van der Waals surface area contributed by atoms with Crippen LogP contribution in [-0.2, 0) is 11.2 Å². The summed E-state index contributed by atoms with van der Waals surface area (Å²) in [6.45, 7) is 4.61. The summed E-state index contributed by atoms with van der Waals surface area (Å²) in [5.74, 6) is 1.06. The van der Waals surface area contributed by atoms with E-state index in [-0.39, 0.29) is 11.7 Å². The van der Waals surface area contributed by atoms with Gasteiger partial charge in [-0.3, -0.25) is 4.79 Å². The van der Waals surface area contributed by atoms with Crippen LogP contribution < -0.4 is 11.5 Å². The second-order valence-corrected chi connectivity index (χ2v) is 4.79. The summed E-state index contributed by atoms with van der Waals surface area (Å²) in [5, 5.41) is 0. The van der Waals surface area contributed by atoms with Crippen LogP contribution in [0.15, 0.2) is 18.3 Å². The van der Waals surface area contributed by atoms with Gasteiger partial charge in [-0.2, -0.15) is 0 Å². The number of carbonyl (C=O) groups excluding carboxylic acids is 1. The first-order chi connectivity index (χ1) is 8.02. The molecule has 4 N–H and O–H groups in total. The van der Waals surface area contributed by atoms with Crippen LogP contribution in [0.25, 0.3) is 0 Å². The predicted molar refractivity (Wildman–Crippen MR) is 69.4 cm³/mol. The highest BCUT2D eigenvalue weighted by Crippen LogP contribution is 2.15. The molecule has 0 aliphatic rings. The molecule has 4 heteroatoms. The van der Waals surface area contributed by atoms with Gasteiger partial charge in [-0.1, -0.05) is 13.8 Å². The van der Waals surface area contributed by atoms with Crippen molar-refractivity contribution < 1.29 is 4.79 Å². The highest BCUT2D eigenvalue weighted by molar-refractivity contribution is 5.83. The molecule has 0 fully saturated rings. The Morgan fingerprint density at radius 2 is 2.18 bits per heavy atom. The zero-order valence-corrected chi connectivity index (χ0v) is 10.5. The molecule has 17 heavy (non-hydrogen) atoms. The van der Waals surface area contributed by atoms with Crippen LogP contribution >= 0.6 is 0 Å².